The van der Waals surface area contributed by atoms with Crippen LogP contribution in [0.15, 0.2) is 30.7 Å². The number of nitrogen functional groups attached to an aromatic ring is 1. The van der Waals surface area contributed by atoms with E-state index >= 15 is 0 Å². The second-order valence-corrected chi connectivity index (χ2v) is 12.6. The third-order valence-corrected chi connectivity index (χ3v) is 9.70. The Labute approximate surface area is 224 Å². The first-order valence-electron chi connectivity index (χ1n) is 13.3. The maximum absolute atomic E-state index is 12.7. The number of rotatable bonds is 8. The SMILES string of the molecule is Cc1cc(-c2cnc(N)c(Oc3cnn(C4CCN(C)CC4)c3)n2)cc(C)c1CNS(=O)(=O)C1CCCC1. The van der Waals surface area contributed by atoms with Gasteiger partial charge in [-0.25, -0.2) is 23.1 Å². The Morgan fingerprint density at radius 3 is 2.45 bits per heavy atom. The maximum Gasteiger partial charge on any atom is 0.263 e. The number of benzene rings is 1. The van der Waals surface area contributed by atoms with Crippen LogP contribution in [0, 0.1) is 13.8 Å². The first-order valence-corrected chi connectivity index (χ1v) is 14.9. The van der Waals surface area contributed by atoms with Crippen LogP contribution in [0.2, 0.25) is 0 Å². The van der Waals surface area contributed by atoms with E-state index < -0.39 is 10.0 Å². The van der Waals surface area contributed by atoms with Gasteiger partial charge in [-0.05, 0) is 88.5 Å². The lowest BCUT2D eigenvalue weighted by atomic mass is 9.98. The maximum atomic E-state index is 12.7. The number of likely N-dealkylation sites (tertiary alicyclic amines) is 1. The number of piperidine rings is 1. The van der Waals surface area contributed by atoms with Crippen molar-refractivity contribution in [2.75, 3.05) is 25.9 Å². The van der Waals surface area contributed by atoms with Crippen molar-refractivity contribution in [1.29, 1.82) is 0 Å². The van der Waals surface area contributed by atoms with Gasteiger partial charge in [0.2, 0.25) is 10.0 Å². The average molecular weight is 540 g/mol. The molecular formula is C27H37N7O3S. The number of nitrogens with zero attached hydrogens (tertiary/aromatic N) is 5. The lowest BCUT2D eigenvalue weighted by Crippen LogP contribution is -2.32. The van der Waals surface area contributed by atoms with E-state index in [1.807, 2.05) is 36.9 Å². The number of nitrogens with one attached hydrogen (secondary N) is 1. The summed E-state index contributed by atoms with van der Waals surface area (Å²) in [5.41, 5.74) is 10.5. The Hall–Kier alpha value is -3.02. The molecule has 1 saturated carbocycles. The van der Waals surface area contributed by atoms with E-state index in [2.05, 4.69) is 31.7 Å². The zero-order valence-corrected chi connectivity index (χ0v) is 23.2. The molecule has 1 aromatic carbocycles. The summed E-state index contributed by atoms with van der Waals surface area (Å²) in [6.07, 6.45) is 10.7. The Morgan fingerprint density at radius 2 is 1.76 bits per heavy atom. The van der Waals surface area contributed by atoms with Gasteiger partial charge in [-0.2, -0.15) is 5.10 Å². The van der Waals surface area contributed by atoms with Gasteiger partial charge in [0.1, 0.15) is 0 Å². The monoisotopic (exact) mass is 539 g/mol. The standard InChI is InChI=1S/C27H37N7O3S/c1-18-12-20(13-19(2)24(18)15-31-38(35,36)23-6-4-5-7-23)25-16-29-26(28)27(32-25)37-22-14-30-34(17-22)21-8-10-33(3)11-9-21/h12-14,16-17,21,23,31H,4-11,15H2,1-3H3,(H2,28,29). The minimum atomic E-state index is -3.31. The number of ether oxygens (including phenoxy) is 1. The Morgan fingerprint density at radius 1 is 1.08 bits per heavy atom. The zero-order valence-electron chi connectivity index (χ0n) is 22.4. The molecule has 0 radical (unpaired) electrons. The Balaban J connectivity index is 1.31. The van der Waals surface area contributed by atoms with E-state index in [0.29, 0.717) is 17.5 Å². The van der Waals surface area contributed by atoms with Crippen LogP contribution < -0.4 is 15.2 Å². The van der Waals surface area contributed by atoms with E-state index in [1.165, 1.54) is 0 Å². The first-order chi connectivity index (χ1) is 18.2. The van der Waals surface area contributed by atoms with E-state index in [0.717, 1.165) is 73.9 Å². The topological polar surface area (TPSA) is 128 Å². The van der Waals surface area contributed by atoms with Crippen molar-refractivity contribution in [1.82, 2.24) is 29.4 Å². The largest absolute Gasteiger partial charge is 0.433 e. The van der Waals surface area contributed by atoms with Gasteiger partial charge in [0.05, 0.1) is 35.6 Å². The summed E-state index contributed by atoms with van der Waals surface area (Å²) >= 11 is 0. The summed E-state index contributed by atoms with van der Waals surface area (Å²) in [6, 6.07) is 4.34. The van der Waals surface area contributed by atoms with Crippen LogP contribution in [-0.2, 0) is 16.6 Å². The predicted molar refractivity (Wildman–Crippen MR) is 147 cm³/mol. The number of hydrogen-bond donors (Lipinski definition) is 2. The summed E-state index contributed by atoms with van der Waals surface area (Å²) in [5.74, 6) is 1.00. The Kier molecular flexibility index (Phi) is 7.69. The highest BCUT2D eigenvalue weighted by Crippen LogP contribution is 2.31. The zero-order chi connectivity index (χ0) is 26.9. The molecule has 0 bridgehead atoms. The molecule has 3 aromatic rings. The van der Waals surface area contributed by atoms with Gasteiger partial charge in [-0.3, -0.25) is 4.68 Å². The van der Waals surface area contributed by atoms with Crippen molar-refractivity contribution in [2.24, 2.45) is 0 Å². The molecular weight excluding hydrogens is 502 g/mol. The van der Waals surface area contributed by atoms with Crippen LogP contribution in [0.25, 0.3) is 11.3 Å². The molecule has 10 nitrogen and oxygen atoms in total. The molecule has 1 aliphatic heterocycles. The van der Waals surface area contributed by atoms with Gasteiger partial charge >= 0.3 is 0 Å². The number of nitrogens with two attached hydrogens (primary N) is 1. The quantitative estimate of drug-likeness (QED) is 0.440. The number of hydrogen-bond acceptors (Lipinski definition) is 8. The van der Waals surface area contributed by atoms with E-state index in [4.69, 9.17) is 10.5 Å². The second kappa shape index (κ2) is 11.0. The summed E-state index contributed by atoms with van der Waals surface area (Å²) in [7, 11) is -1.18. The predicted octanol–water partition coefficient (Wildman–Crippen LogP) is 3.96. The van der Waals surface area contributed by atoms with Crippen LogP contribution in [-0.4, -0.2) is 58.5 Å². The smallest absolute Gasteiger partial charge is 0.263 e. The molecule has 204 valence electrons. The minimum absolute atomic E-state index is 0.201. The van der Waals surface area contributed by atoms with Crippen LogP contribution in [0.4, 0.5) is 5.82 Å². The van der Waals surface area contributed by atoms with Gasteiger partial charge in [0, 0.05) is 12.1 Å². The van der Waals surface area contributed by atoms with Crippen LogP contribution in [0.1, 0.15) is 61.3 Å². The molecule has 0 atom stereocenters. The fourth-order valence-corrected chi connectivity index (χ4v) is 6.98. The summed E-state index contributed by atoms with van der Waals surface area (Å²) in [5, 5.41) is 4.22. The van der Waals surface area contributed by atoms with Crippen LogP contribution in [0.5, 0.6) is 11.6 Å². The average Bonchev–Trinajstić information content (AvgIpc) is 3.58. The lowest BCUT2D eigenvalue weighted by molar-refractivity contribution is 0.212. The molecule has 2 aromatic heterocycles. The summed E-state index contributed by atoms with van der Waals surface area (Å²) in [6.45, 7) is 6.33. The van der Waals surface area contributed by atoms with Crippen molar-refractivity contribution in [3.05, 3.63) is 47.4 Å². The highest BCUT2D eigenvalue weighted by atomic mass is 32.2. The fraction of sp³-hybridized carbons (Fsp3) is 0.519. The molecule has 1 aliphatic carbocycles. The number of sulfonamides is 1. The number of anilines is 1. The van der Waals surface area contributed by atoms with Gasteiger partial charge in [-0.1, -0.05) is 12.8 Å². The van der Waals surface area contributed by atoms with E-state index in [1.54, 1.807) is 12.4 Å². The molecule has 1 saturated heterocycles. The molecule has 5 rings (SSSR count). The Bertz CT molecular complexity index is 1370. The highest BCUT2D eigenvalue weighted by molar-refractivity contribution is 7.90. The van der Waals surface area contributed by atoms with Crippen molar-refractivity contribution >= 4 is 15.8 Å². The third kappa shape index (κ3) is 5.84. The molecule has 3 N–H and O–H groups in total. The number of aromatic nitrogens is 4. The van der Waals surface area contributed by atoms with Crippen LogP contribution >= 0.6 is 0 Å². The first kappa shape index (κ1) is 26.6. The molecule has 38 heavy (non-hydrogen) atoms. The normalized spacial score (nSPS) is 17.8. The number of aryl methyl sites for hydroxylation is 2. The summed E-state index contributed by atoms with van der Waals surface area (Å²) in [4.78, 5) is 11.3. The fourth-order valence-electron chi connectivity index (χ4n) is 5.45. The van der Waals surface area contributed by atoms with Gasteiger partial charge in [0.25, 0.3) is 5.88 Å². The van der Waals surface area contributed by atoms with E-state index in [9.17, 15) is 8.42 Å². The van der Waals surface area contributed by atoms with Crippen molar-refractivity contribution in [3.63, 3.8) is 0 Å². The van der Waals surface area contributed by atoms with Crippen LogP contribution in [0.3, 0.4) is 0 Å². The second-order valence-electron chi connectivity index (χ2n) is 10.6. The molecule has 11 heteroatoms. The van der Waals surface area contributed by atoms with Gasteiger partial charge in [0.15, 0.2) is 11.6 Å². The van der Waals surface area contributed by atoms with Gasteiger partial charge in [-0.15, -0.1) is 0 Å². The van der Waals surface area contributed by atoms with Gasteiger partial charge < -0.3 is 15.4 Å². The molecule has 3 heterocycles. The van der Waals surface area contributed by atoms with Crippen molar-refractivity contribution in [3.8, 4) is 22.9 Å². The van der Waals surface area contributed by atoms with E-state index in [-0.39, 0.29) is 23.5 Å². The third-order valence-electron chi connectivity index (χ3n) is 7.80. The minimum Gasteiger partial charge on any atom is -0.433 e. The summed E-state index contributed by atoms with van der Waals surface area (Å²) < 4.78 is 36.1. The highest BCUT2D eigenvalue weighted by Gasteiger charge is 2.28. The van der Waals surface area contributed by atoms with Crippen molar-refractivity contribution < 1.29 is 13.2 Å². The molecule has 2 aliphatic rings. The van der Waals surface area contributed by atoms with Crippen molar-refractivity contribution in [2.45, 2.75) is 70.2 Å². The lowest BCUT2D eigenvalue weighted by Gasteiger charge is -2.28. The molecule has 0 spiro atoms. The molecule has 0 amide bonds. The molecule has 2 fully saturated rings. The molecule has 0 unspecified atom stereocenters.